The Bertz CT molecular complexity index is 922. The number of carbonyl (C=O) groups excluding carboxylic acids is 1. The average Bonchev–Trinajstić information content (AvgIpc) is 3.22. The fraction of sp³-hybridized carbons (Fsp3) is 0.318. The van der Waals surface area contributed by atoms with Crippen molar-refractivity contribution >= 4 is 5.91 Å². The maximum Gasteiger partial charge on any atom is 0.253 e. The summed E-state index contributed by atoms with van der Waals surface area (Å²) in [5.74, 6) is 1.89. The Balaban J connectivity index is 1.38. The van der Waals surface area contributed by atoms with Crippen molar-refractivity contribution in [2.75, 3.05) is 13.1 Å². The monoisotopic (exact) mass is 377 g/mol. The lowest BCUT2D eigenvalue weighted by molar-refractivity contribution is 0.0697. The molecular formula is C22H23N3O3. The first-order chi connectivity index (χ1) is 13.7. The van der Waals surface area contributed by atoms with E-state index in [1.54, 1.807) is 0 Å². The molecule has 28 heavy (non-hydrogen) atoms. The van der Waals surface area contributed by atoms with Crippen LogP contribution in [0.5, 0.6) is 5.75 Å². The molecule has 2 heterocycles. The van der Waals surface area contributed by atoms with Gasteiger partial charge in [-0.15, -0.1) is 10.2 Å². The Morgan fingerprint density at radius 1 is 1.14 bits per heavy atom. The lowest BCUT2D eigenvalue weighted by atomic mass is 9.97. The Labute approximate surface area is 164 Å². The van der Waals surface area contributed by atoms with Gasteiger partial charge in [0.15, 0.2) is 6.61 Å². The zero-order valence-corrected chi connectivity index (χ0v) is 15.9. The summed E-state index contributed by atoms with van der Waals surface area (Å²) in [5.41, 5.74) is 1.86. The summed E-state index contributed by atoms with van der Waals surface area (Å²) in [7, 11) is 0. The van der Waals surface area contributed by atoms with E-state index in [1.165, 1.54) is 0 Å². The van der Waals surface area contributed by atoms with Gasteiger partial charge in [-0.2, -0.15) is 0 Å². The van der Waals surface area contributed by atoms with Crippen LogP contribution >= 0.6 is 0 Å². The van der Waals surface area contributed by atoms with Crippen molar-refractivity contribution in [3.63, 3.8) is 0 Å². The molecule has 0 saturated carbocycles. The van der Waals surface area contributed by atoms with Crippen LogP contribution in [0.4, 0.5) is 0 Å². The molecule has 3 aromatic rings. The highest BCUT2D eigenvalue weighted by Gasteiger charge is 2.29. The number of likely N-dealkylation sites (tertiary alicyclic amines) is 1. The first-order valence-corrected chi connectivity index (χ1v) is 9.55. The van der Waals surface area contributed by atoms with E-state index in [0.717, 1.165) is 30.7 Å². The van der Waals surface area contributed by atoms with Crippen LogP contribution in [-0.2, 0) is 6.61 Å². The van der Waals surface area contributed by atoms with Crippen molar-refractivity contribution in [3.8, 4) is 5.75 Å². The van der Waals surface area contributed by atoms with Gasteiger partial charge >= 0.3 is 0 Å². The Morgan fingerprint density at radius 3 is 2.71 bits per heavy atom. The van der Waals surface area contributed by atoms with Crippen molar-refractivity contribution in [2.45, 2.75) is 32.3 Å². The van der Waals surface area contributed by atoms with Gasteiger partial charge in [-0.1, -0.05) is 35.9 Å². The van der Waals surface area contributed by atoms with Crippen molar-refractivity contribution in [3.05, 3.63) is 77.5 Å². The molecule has 1 fully saturated rings. The third-order valence-corrected chi connectivity index (χ3v) is 4.94. The van der Waals surface area contributed by atoms with Crippen LogP contribution in [0.1, 0.15) is 46.5 Å². The third-order valence-electron chi connectivity index (χ3n) is 4.94. The van der Waals surface area contributed by atoms with E-state index in [9.17, 15) is 4.79 Å². The van der Waals surface area contributed by atoms with Crippen LogP contribution in [0.3, 0.4) is 0 Å². The molecule has 1 amide bonds. The minimum atomic E-state index is 0.0526. The maximum atomic E-state index is 12.8. The van der Waals surface area contributed by atoms with Crippen molar-refractivity contribution in [1.29, 1.82) is 0 Å². The Morgan fingerprint density at radius 2 is 1.93 bits per heavy atom. The van der Waals surface area contributed by atoms with E-state index < -0.39 is 0 Å². The summed E-state index contributed by atoms with van der Waals surface area (Å²) in [6.07, 6.45) is 1.85. The van der Waals surface area contributed by atoms with E-state index in [-0.39, 0.29) is 18.4 Å². The van der Waals surface area contributed by atoms with Crippen LogP contribution in [0.15, 0.2) is 59.0 Å². The molecule has 2 aromatic carbocycles. The topological polar surface area (TPSA) is 68.5 Å². The molecule has 4 rings (SSSR count). The lowest BCUT2D eigenvalue weighted by Gasteiger charge is -2.31. The second-order valence-corrected chi connectivity index (χ2v) is 7.09. The van der Waals surface area contributed by atoms with E-state index in [1.807, 2.05) is 66.4 Å². The fourth-order valence-electron chi connectivity index (χ4n) is 3.39. The van der Waals surface area contributed by atoms with Gasteiger partial charge in [-0.05, 0) is 44.0 Å². The van der Waals surface area contributed by atoms with E-state index in [2.05, 4.69) is 10.2 Å². The zero-order chi connectivity index (χ0) is 19.3. The molecule has 1 aromatic heterocycles. The fourth-order valence-corrected chi connectivity index (χ4v) is 3.39. The van der Waals surface area contributed by atoms with E-state index in [4.69, 9.17) is 9.15 Å². The molecule has 1 unspecified atom stereocenters. The number of hydrogen-bond acceptors (Lipinski definition) is 5. The predicted octanol–water partition coefficient (Wildman–Crippen LogP) is 3.98. The highest BCUT2D eigenvalue weighted by atomic mass is 16.5. The summed E-state index contributed by atoms with van der Waals surface area (Å²) in [4.78, 5) is 14.7. The molecule has 0 spiro atoms. The van der Waals surface area contributed by atoms with Crippen LogP contribution < -0.4 is 4.74 Å². The molecule has 1 aliphatic heterocycles. The average molecular weight is 377 g/mol. The summed E-state index contributed by atoms with van der Waals surface area (Å²) < 4.78 is 11.5. The Hall–Kier alpha value is -3.15. The summed E-state index contributed by atoms with van der Waals surface area (Å²) in [6.45, 7) is 3.59. The highest BCUT2D eigenvalue weighted by molar-refractivity contribution is 5.94. The molecule has 1 atom stereocenters. The van der Waals surface area contributed by atoms with E-state index >= 15 is 0 Å². The normalized spacial score (nSPS) is 16.8. The molecule has 0 N–H and O–H groups in total. The molecule has 6 nitrogen and oxygen atoms in total. The van der Waals surface area contributed by atoms with Crippen LogP contribution in [0.25, 0.3) is 0 Å². The zero-order valence-electron chi connectivity index (χ0n) is 15.9. The summed E-state index contributed by atoms with van der Waals surface area (Å²) >= 11 is 0. The quantitative estimate of drug-likeness (QED) is 0.673. The van der Waals surface area contributed by atoms with Gasteiger partial charge in [-0.25, -0.2) is 0 Å². The number of aromatic nitrogens is 2. The second-order valence-electron chi connectivity index (χ2n) is 7.09. The summed E-state index contributed by atoms with van der Waals surface area (Å²) in [6, 6.07) is 17.2. The molecule has 144 valence electrons. The standard InChI is InChI=1S/C22H23N3O3/c1-16-9-11-17(12-10-16)22(26)25-13-5-6-18(14-25)21-24-23-20(28-21)15-27-19-7-3-2-4-8-19/h2-4,7-12,18H,5-6,13-15H2,1H3. The number of ether oxygens (including phenoxy) is 1. The SMILES string of the molecule is Cc1ccc(C(=O)N2CCCC(c3nnc(COc4ccccc4)o3)C2)cc1. The lowest BCUT2D eigenvalue weighted by Crippen LogP contribution is -2.39. The van der Waals surface area contributed by atoms with Gasteiger partial charge in [-0.3, -0.25) is 4.79 Å². The Kier molecular flexibility index (Phi) is 5.37. The number of amides is 1. The predicted molar refractivity (Wildman–Crippen MR) is 104 cm³/mol. The number of aryl methyl sites for hydroxylation is 1. The van der Waals surface area contributed by atoms with Gasteiger partial charge in [0.2, 0.25) is 5.89 Å². The first-order valence-electron chi connectivity index (χ1n) is 9.55. The number of piperidine rings is 1. The van der Waals surface area contributed by atoms with Gasteiger partial charge in [0.1, 0.15) is 5.75 Å². The molecular weight excluding hydrogens is 354 g/mol. The number of nitrogens with zero attached hydrogens (tertiary/aromatic N) is 3. The summed E-state index contributed by atoms with van der Waals surface area (Å²) in [5, 5.41) is 8.29. The van der Waals surface area contributed by atoms with Gasteiger partial charge in [0, 0.05) is 18.7 Å². The number of benzene rings is 2. The van der Waals surface area contributed by atoms with Crippen LogP contribution in [0, 0.1) is 6.92 Å². The molecule has 1 saturated heterocycles. The molecule has 6 heteroatoms. The molecule has 1 aliphatic rings. The highest BCUT2D eigenvalue weighted by Crippen LogP contribution is 2.27. The van der Waals surface area contributed by atoms with Gasteiger partial charge < -0.3 is 14.1 Å². The largest absolute Gasteiger partial charge is 0.484 e. The van der Waals surface area contributed by atoms with E-state index in [0.29, 0.717) is 23.9 Å². The smallest absolute Gasteiger partial charge is 0.253 e. The number of carbonyl (C=O) groups is 1. The van der Waals surface area contributed by atoms with Gasteiger partial charge in [0.25, 0.3) is 11.8 Å². The minimum absolute atomic E-state index is 0.0526. The molecule has 0 radical (unpaired) electrons. The molecule has 0 aliphatic carbocycles. The second kappa shape index (κ2) is 8.25. The number of hydrogen-bond donors (Lipinski definition) is 0. The van der Waals surface area contributed by atoms with Crippen molar-refractivity contribution in [1.82, 2.24) is 15.1 Å². The first kappa shape index (κ1) is 18.2. The van der Waals surface area contributed by atoms with Gasteiger partial charge in [0.05, 0.1) is 5.92 Å². The molecule has 0 bridgehead atoms. The number of para-hydroxylation sites is 1. The maximum absolute atomic E-state index is 12.8. The number of rotatable bonds is 5. The third kappa shape index (κ3) is 4.22. The van der Waals surface area contributed by atoms with Crippen LogP contribution in [-0.4, -0.2) is 34.1 Å². The van der Waals surface area contributed by atoms with Crippen molar-refractivity contribution < 1.29 is 13.9 Å². The van der Waals surface area contributed by atoms with Crippen molar-refractivity contribution in [2.24, 2.45) is 0 Å². The minimum Gasteiger partial charge on any atom is -0.484 e. The van der Waals surface area contributed by atoms with Crippen LogP contribution in [0.2, 0.25) is 0 Å².